The molecule has 0 aromatic rings. The zero-order valence-corrected chi connectivity index (χ0v) is 9.58. The van der Waals surface area contributed by atoms with Gasteiger partial charge < -0.3 is 20.8 Å². The van der Waals surface area contributed by atoms with E-state index in [4.69, 9.17) is 10.2 Å². The predicted octanol–water partition coefficient (Wildman–Crippen LogP) is -0.150. The van der Waals surface area contributed by atoms with Gasteiger partial charge in [-0.05, 0) is 32.7 Å². The molecule has 0 saturated carbocycles. The highest BCUT2D eigenvalue weighted by Crippen LogP contribution is 2.11. The molecule has 90 valence electrons. The van der Waals surface area contributed by atoms with Crippen molar-refractivity contribution in [1.29, 1.82) is 0 Å². The van der Waals surface area contributed by atoms with Gasteiger partial charge in [0.2, 0.25) is 0 Å². The topological polar surface area (TPSA) is 64.5 Å². The van der Waals surface area contributed by atoms with E-state index in [1.54, 1.807) is 0 Å². The molecule has 1 saturated heterocycles. The highest BCUT2D eigenvalue weighted by Gasteiger charge is 2.17. The van der Waals surface area contributed by atoms with E-state index in [9.17, 15) is 0 Å². The van der Waals surface area contributed by atoms with Crippen molar-refractivity contribution in [1.82, 2.24) is 10.6 Å². The number of aliphatic hydroxyl groups excluding tert-OH is 2. The van der Waals surface area contributed by atoms with Crippen LogP contribution in [0.1, 0.15) is 32.6 Å². The molecule has 2 atom stereocenters. The maximum absolute atomic E-state index is 8.94. The quantitative estimate of drug-likeness (QED) is 0.498. The van der Waals surface area contributed by atoms with Crippen LogP contribution in [0.4, 0.5) is 0 Å². The van der Waals surface area contributed by atoms with E-state index in [-0.39, 0.29) is 19.3 Å². The van der Waals surface area contributed by atoms with Gasteiger partial charge in [0.15, 0.2) is 0 Å². The molecule has 1 fully saturated rings. The van der Waals surface area contributed by atoms with Crippen LogP contribution >= 0.6 is 0 Å². The van der Waals surface area contributed by atoms with E-state index in [1.165, 1.54) is 19.3 Å². The van der Waals surface area contributed by atoms with Crippen molar-refractivity contribution in [3.05, 3.63) is 0 Å². The van der Waals surface area contributed by atoms with Gasteiger partial charge in [-0.15, -0.1) is 0 Å². The van der Waals surface area contributed by atoms with Gasteiger partial charge in [0.05, 0.1) is 19.3 Å². The van der Waals surface area contributed by atoms with Crippen LogP contribution in [0.15, 0.2) is 0 Å². The first kappa shape index (κ1) is 12.9. The largest absolute Gasteiger partial charge is 0.395 e. The summed E-state index contributed by atoms with van der Waals surface area (Å²) >= 11 is 0. The fourth-order valence-electron chi connectivity index (χ4n) is 2.19. The van der Waals surface area contributed by atoms with Crippen LogP contribution < -0.4 is 10.6 Å². The minimum absolute atomic E-state index is 0.00106. The lowest BCUT2D eigenvalue weighted by molar-refractivity contribution is 0.159. The van der Waals surface area contributed by atoms with Crippen LogP contribution in [0, 0.1) is 0 Å². The van der Waals surface area contributed by atoms with E-state index < -0.39 is 0 Å². The summed E-state index contributed by atoms with van der Waals surface area (Å²) in [5.74, 6) is 0. The van der Waals surface area contributed by atoms with Crippen LogP contribution in [0.5, 0.6) is 0 Å². The smallest absolute Gasteiger partial charge is 0.0607 e. The van der Waals surface area contributed by atoms with Gasteiger partial charge in [0, 0.05) is 12.1 Å². The highest BCUT2D eigenvalue weighted by atomic mass is 16.3. The summed E-state index contributed by atoms with van der Waals surface area (Å²) in [6, 6.07) is 0.757. The van der Waals surface area contributed by atoms with Gasteiger partial charge in [-0.2, -0.15) is 0 Å². The third kappa shape index (κ3) is 4.93. The van der Waals surface area contributed by atoms with Crippen LogP contribution in [-0.2, 0) is 0 Å². The van der Waals surface area contributed by atoms with Gasteiger partial charge in [-0.1, -0.05) is 6.42 Å². The predicted molar refractivity (Wildman–Crippen MR) is 60.8 cm³/mol. The van der Waals surface area contributed by atoms with E-state index in [2.05, 4.69) is 17.6 Å². The molecule has 2 unspecified atom stereocenters. The van der Waals surface area contributed by atoms with E-state index in [1.807, 2.05) is 0 Å². The van der Waals surface area contributed by atoms with Crippen LogP contribution in [0.3, 0.4) is 0 Å². The minimum Gasteiger partial charge on any atom is -0.395 e. The molecule has 15 heavy (non-hydrogen) atoms. The van der Waals surface area contributed by atoms with Crippen molar-refractivity contribution in [2.45, 2.75) is 50.7 Å². The third-order valence-corrected chi connectivity index (χ3v) is 3.01. The molecule has 4 nitrogen and oxygen atoms in total. The third-order valence-electron chi connectivity index (χ3n) is 3.01. The van der Waals surface area contributed by atoms with Crippen molar-refractivity contribution in [3.8, 4) is 0 Å². The van der Waals surface area contributed by atoms with Crippen molar-refractivity contribution in [2.24, 2.45) is 0 Å². The molecule has 4 heteroatoms. The Morgan fingerprint density at radius 3 is 2.60 bits per heavy atom. The number of nitrogens with one attached hydrogen (secondary N) is 2. The highest BCUT2D eigenvalue weighted by molar-refractivity contribution is 4.79. The van der Waals surface area contributed by atoms with Gasteiger partial charge in [0.25, 0.3) is 0 Å². The monoisotopic (exact) mass is 216 g/mol. The summed E-state index contributed by atoms with van der Waals surface area (Å²) in [6.45, 7) is 3.23. The maximum Gasteiger partial charge on any atom is 0.0607 e. The molecular formula is C11H24N2O2. The first-order chi connectivity index (χ1) is 7.26. The number of hydrogen-bond acceptors (Lipinski definition) is 4. The van der Waals surface area contributed by atoms with Crippen LogP contribution in [0.25, 0.3) is 0 Å². The number of rotatable bonds is 6. The van der Waals surface area contributed by atoms with Crippen molar-refractivity contribution < 1.29 is 10.2 Å². The number of hydrogen-bond donors (Lipinski definition) is 4. The number of piperidine rings is 1. The molecule has 0 amide bonds. The summed E-state index contributed by atoms with van der Waals surface area (Å²) < 4.78 is 0. The van der Waals surface area contributed by atoms with Crippen molar-refractivity contribution in [3.63, 3.8) is 0 Å². The molecule has 1 aliphatic rings. The SMILES string of the molecule is CC(CC1CCCCN1)NC(CO)CO. The average Bonchev–Trinajstić information content (AvgIpc) is 2.27. The molecule has 0 aromatic carbocycles. The Bertz CT molecular complexity index is 157. The number of aliphatic hydroxyl groups is 2. The fourth-order valence-corrected chi connectivity index (χ4v) is 2.19. The average molecular weight is 216 g/mol. The molecule has 1 aliphatic heterocycles. The molecule has 0 aromatic heterocycles. The van der Waals surface area contributed by atoms with Gasteiger partial charge >= 0.3 is 0 Å². The first-order valence-electron chi connectivity index (χ1n) is 5.97. The molecule has 0 bridgehead atoms. The Kier molecular flexibility index (Phi) is 6.17. The Hall–Kier alpha value is -0.160. The van der Waals surface area contributed by atoms with Gasteiger partial charge in [-0.25, -0.2) is 0 Å². The Labute approximate surface area is 92.1 Å². The second kappa shape index (κ2) is 7.17. The first-order valence-corrected chi connectivity index (χ1v) is 5.97. The normalized spacial score (nSPS) is 24.4. The summed E-state index contributed by atoms with van der Waals surface area (Å²) in [7, 11) is 0. The Balaban J connectivity index is 2.18. The molecular weight excluding hydrogens is 192 g/mol. The minimum atomic E-state index is -0.177. The summed E-state index contributed by atoms with van der Waals surface area (Å²) in [4.78, 5) is 0. The summed E-state index contributed by atoms with van der Waals surface area (Å²) in [5, 5.41) is 24.6. The van der Waals surface area contributed by atoms with Crippen molar-refractivity contribution >= 4 is 0 Å². The zero-order chi connectivity index (χ0) is 11.1. The second-order valence-electron chi connectivity index (χ2n) is 4.51. The van der Waals surface area contributed by atoms with E-state index in [0.29, 0.717) is 12.1 Å². The molecule has 4 N–H and O–H groups in total. The zero-order valence-electron chi connectivity index (χ0n) is 9.58. The lowest BCUT2D eigenvalue weighted by Gasteiger charge is -2.28. The molecule has 0 aliphatic carbocycles. The van der Waals surface area contributed by atoms with Crippen LogP contribution in [0.2, 0.25) is 0 Å². The van der Waals surface area contributed by atoms with Crippen LogP contribution in [-0.4, -0.2) is 48.1 Å². The van der Waals surface area contributed by atoms with Crippen molar-refractivity contribution in [2.75, 3.05) is 19.8 Å². The fraction of sp³-hybridized carbons (Fsp3) is 1.00. The molecule has 1 rings (SSSR count). The molecule has 0 radical (unpaired) electrons. The lowest BCUT2D eigenvalue weighted by Crippen LogP contribution is -2.45. The molecule has 0 spiro atoms. The standard InChI is InChI=1S/C11H24N2O2/c1-9(13-11(7-14)8-15)6-10-4-2-3-5-12-10/h9-15H,2-8H2,1H3. The summed E-state index contributed by atoms with van der Waals surface area (Å²) in [5.41, 5.74) is 0. The Morgan fingerprint density at radius 2 is 2.07 bits per heavy atom. The maximum atomic E-state index is 8.94. The summed E-state index contributed by atoms with van der Waals surface area (Å²) in [6.07, 6.45) is 4.91. The van der Waals surface area contributed by atoms with Gasteiger partial charge in [0.1, 0.15) is 0 Å². The van der Waals surface area contributed by atoms with E-state index >= 15 is 0 Å². The lowest BCUT2D eigenvalue weighted by atomic mass is 9.98. The second-order valence-corrected chi connectivity index (χ2v) is 4.51. The Morgan fingerprint density at radius 1 is 1.33 bits per heavy atom. The molecule has 1 heterocycles. The van der Waals surface area contributed by atoms with E-state index in [0.717, 1.165) is 13.0 Å². The van der Waals surface area contributed by atoms with Gasteiger partial charge in [-0.3, -0.25) is 0 Å².